The van der Waals surface area contributed by atoms with Gasteiger partial charge in [-0.3, -0.25) is 0 Å². The highest BCUT2D eigenvalue weighted by molar-refractivity contribution is 9.10. The van der Waals surface area contributed by atoms with Crippen molar-refractivity contribution in [2.24, 2.45) is 0 Å². The van der Waals surface area contributed by atoms with Crippen LogP contribution in [0.5, 0.6) is 5.75 Å². The lowest BCUT2D eigenvalue weighted by Gasteiger charge is -2.13. The van der Waals surface area contributed by atoms with Crippen LogP contribution in [0.15, 0.2) is 57.9 Å². The third kappa shape index (κ3) is 4.54. The smallest absolute Gasteiger partial charge is 0.125 e. The van der Waals surface area contributed by atoms with E-state index in [9.17, 15) is 5.11 Å². The second-order valence-corrected chi connectivity index (χ2v) is 6.45. The molecule has 20 heavy (non-hydrogen) atoms. The molecule has 0 heterocycles. The number of benzene rings is 2. The molecule has 0 aromatic heterocycles. The van der Waals surface area contributed by atoms with Crippen LogP contribution in [-0.2, 0) is 0 Å². The molecule has 0 aliphatic carbocycles. The molecule has 1 atom stereocenters. The van der Waals surface area contributed by atoms with Gasteiger partial charge < -0.3 is 9.84 Å². The minimum atomic E-state index is -0.538. The van der Waals surface area contributed by atoms with E-state index in [0.29, 0.717) is 6.61 Å². The summed E-state index contributed by atoms with van der Waals surface area (Å²) in [6.07, 6.45) is -0.538. The standard InChI is InChI=1S/C16H17BrO2S/c1-12(18)15-11-13(17)7-8-16(15)19-9-10-20-14-5-3-2-4-6-14/h2-8,11-12,18H,9-10H2,1H3/t12-/m1/s1. The van der Waals surface area contributed by atoms with Gasteiger partial charge in [-0.2, -0.15) is 0 Å². The Morgan fingerprint density at radius 2 is 1.95 bits per heavy atom. The highest BCUT2D eigenvalue weighted by atomic mass is 79.9. The molecular formula is C16H17BrO2S. The SMILES string of the molecule is C[C@@H](O)c1cc(Br)ccc1OCCSc1ccccc1. The van der Waals surface area contributed by atoms with Crippen molar-refractivity contribution in [3.63, 3.8) is 0 Å². The van der Waals surface area contributed by atoms with Gasteiger partial charge >= 0.3 is 0 Å². The lowest BCUT2D eigenvalue weighted by atomic mass is 10.1. The van der Waals surface area contributed by atoms with Crippen LogP contribution in [0.2, 0.25) is 0 Å². The fourth-order valence-corrected chi connectivity index (χ4v) is 2.94. The van der Waals surface area contributed by atoms with Crippen LogP contribution in [-0.4, -0.2) is 17.5 Å². The summed E-state index contributed by atoms with van der Waals surface area (Å²) >= 11 is 5.17. The van der Waals surface area contributed by atoms with Crippen LogP contribution in [0.4, 0.5) is 0 Å². The Balaban J connectivity index is 1.88. The predicted molar refractivity (Wildman–Crippen MR) is 87.4 cm³/mol. The number of halogens is 1. The number of ether oxygens (including phenoxy) is 1. The summed E-state index contributed by atoms with van der Waals surface area (Å²) in [7, 11) is 0. The van der Waals surface area contributed by atoms with E-state index in [2.05, 4.69) is 28.1 Å². The van der Waals surface area contributed by atoms with Crippen molar-refractivity contribution in [1.82, 2.24) is 0 Å². The van der Waals surface area contributed by atoms with Gasteiger partial charge in [0.05, 0.1) is 12.7 Å². The van der Waals surface area contributed by atoms with Gasteiger partial charge in [-0.15, -0.1) is 11.8 Å². The van der Waals surface area contributed by atoms with Gasteiger partial charge in [0.15, 0.2) is 0 Å². The Morgan fingerprint density at radius 3 is 2.65 bits per heavy atom. The lowest BCUT2D eigenvalue weighted by molar-refractivity contribution is 0.192. The molecule has 0 amide bonds. The summed E-state index contributed by atoms with van der Waals surface area (Å²) in [4.78, 5) is 1.24. The van der Waals surface area contributed by atoms with Crippen LogP contribution in [0.3, 0.4) is 0 Å². The summed E-state index contributed by atoms with van der Waals surface area (Å²) in [5, 5.41) is 9.76. The van der Waals surface area contributed by atoms with E-state index in [0.717, 1.165) is 21.5 Å². The van der Waals surface area contributed by atoms with Gasteiger partial charge in [0, 0.05) is 20.7 Å². The Morgan fingerprint density at radius 1 is 1.20 bits per heavy atom. The maximum Gasteiger partial charge on any atom is 0.125 e. The zero-order chi connectivity index (χ0) is 14.4. The van der Waals surface area contributed by atoms with Gasteiger partial charge in [-0.05, 0) is 37.3 Å². The van der Waals surface area contributed by atoms with Crippen molar-refractivity contribution < 1.29 is 9.84 Å². The summed E-state index contributed by atoms with van der Waals surface area (Å²) in [5.41, 5.74) is 0.809. The van der Waals surface area contributed by atoms with E-state index in [-0.39, 0.29) is 0 Å². The first kappa shape index (κ1) is 15.4. The van der Waals surface area contributed by atoms with E-state index in [1.807, 2.05) is 36.4 Å². The quantitative estimate of drug-likeness (QED) is 0.604. The minimum Gasteiger partial charge on any atom is -0.492 e. The average molecular weight is 353 g/mol. The fraction of sp³-hybridized carbons (Fsp3) is 0.250. The molecule has 4 heteroatoms. The molecular weight excluding hydrogens is 336 g/mol. The van der Waals surface area contributed by atoms with Crippen molar-refractivity contribution in [3.05, 3.63) is 58.6 Å². The number of aliphatic hydroxyl groups is 1. The topological polar surface area (TPSA) is 29.5 Å². The molecule has 0 aliphatic heterocycles. The number of hydrogen-bond donors (Lipinski definition) is 1. The number of aliphatic hydroxyl groups excluding tert-OH is 1. The number of hydrogen-bond acceptors (Lipinski definition) is 3. The summed E-state index contributed by atoms with van der Waals surface area (Å²) < 4.78 is 6.72. The second kappa shape index (κ2) is 7.72. The Kier molecular flexibility index (Phi) is 5.95. The first-order chi connectivity index (χ1) is 9.66. The molecule has 0 radical (unpaired) electrons. The third-order valence-electron chi connectivity index (χ3n) is 2.77. The van der Waals surface area contributed by atoms with Crippen molar-refractivity contribution in [2.45, 2.75) is 17.9 Å². The average Bonchev–Trinajstić information content (AvgIpc) is 2.45. The third-order valence-corrected chi connectivity index (χ3v) is 4.24. The van der Waals surface area contributed by atoms with Crippen LogP contribution < -0.4 is 4.74 Å². The van der Waals surface area contributed by atoms with Crippen molar-refractivity contribution in [3.8, 4) is 5.75 Å². The molecule has 0 saturated heterocycles. The Bertz CT molecular complexity index is 543. The van der Waals surface area contributed by atoms with Gasteiger partial charge in [-0.1, -0.05) is 34.1 Å². The molecule has 2 aromatic carbocycles. The molecule has 0 fully saturated rings. The largest absolute Gasteiger partial charge is 0.492 e. The van der Waals surface area contributed by atoms with Crippen LogP contribution in [0.25, 0.3) is 0 Å². The molecule has 1 N–H and O–H groups in total. The highest BCUT2D eigenvalue weighted by Crippen LogP contribution is 2.28. The maximum absolute atomic E-state index is 9.76. The van der Waals surface area contributed by atoms with Crippen LogP contribution in [0, 0.1) is 0 Å². The van der Waals surface area contributed by atoms with Crippen LogP contribution >= 0.6 is 27.7 Å². The predicted octanol–water partition coefficient (Wildman–Crippen LogP) is 4.67. The van der Waals surface area contributed by atoms with Gasteiger partial charge in [0.1, 0.15) is 5.75 Å². The maximum atomic E-state index is 9.76. The normalized spacial score (nSPS) is 12.2. The molecule has 0 spiro atoms. The molecule has 0 bridgehead atoms. The monoisotopic (exact) mass is 352 g/mol. The molecule has 2 nitrogen and oxygen atoms in total. The fourth-order valence-electron chi connectivity index (χ4n) is 1.81. The zero-order valence-corrected chi connectivity index (χ0v) is 13.7. The first-order valence-corrected chi connectivity index (χ1v) is 8.23. The van der Waals surface area contributed by atoms with Crippen molar-refractivity contribution in [1.29, 1.82) is 0 Å². The van der Waals surface area contributed by atoms with E-state index in [1.54, 1.807) is 18.7 Å². The Labute approximate surface area is 132 Å². The zero-order valence-electron chi connectivity index (χ0n) is 11.3. The van der Waals surface area contributed by atoms with Crippen molar-refractivity contribution >= 4 is 27.7 Å². The second-order valence-electron chi connectivity index (χ2n) is 4.37. The van der Waals surface area contributed by atoms with Gasteiger partial charge in [0.2, 0.25) is 0 Å². The minimum absolute atomic E-state index is 0.538. The first-order valence-electron chi connectivity index (χ1n) is 6.45. The van der Waals surface area contributed by atoms with E-state index in [1.165, 1.54) is 4.90 Å². The molecule has 0 aliphatic rings. The summed E-state index contributed by atoms with van der Waals surface area (Å²) in [5.74, 6) is 1.62. The van der Waals surface area contributed by atoms with E-state index < -0.39 is 6.10 Å². The molecule has 106 valence electrons. The molecule has 2 aromatic rings. The summed E-state index contributed by atoms with van der Waals surface area (Å²) in [6, 6.07) is 16.0. The van der Waals surface area contributed by atoms with Crippen molar-refractivity contribution in [2.75, 3.05) is 12.4 Å². The van der Waals surface area contributed by atoms with Crippen LogP contribution in [0.1, 0.15) is 18.6 Å². The molecule has 0 saturated carbocycles. The summed E-state index contributed by atoms with van der Waals surface area (Å²) in [6.45, 7) is 2.36. The Hall–Kier alpha value is -0.970. The highest BCUT2D eigenvalue weighted by Gasteiger charge is 2.09. The molecule has 0 unspecified atom stereocenters. The number of thioether (sulfide) groups is 1. The lowest BCUT2D eigenvalue weighted by Crippen LogP contribution is -2.04. The van der Waals surface area contributed by atoms with E-state index >= 15 is 0 Å². The van der Waals surface area contributed by atoms with E-state index in [4.69, 9.17) is 4.74 Å². The number of rotatable bonds is 6. The van der Waals surface area contributed by atoms with Gasteiger partial charge in [-0.25, -0.2) is 0 Å². The molecule has 2 rings (SSSR count). The van der Waals surface area contributed by atoms with Gasteiger partial charge in [0.25, 0.3) is 0 Å².